The SMILES string of the molecule is CC1(C)c2ccccc2-c2ccc(-c3ccccc3Nc3cccc4c3oc3c5ccccc5ccc43)cc21. The van der Waals surface area contributed by atoms with Gasteiger partial charge in [0.2, 0.25) is 0 Å². The van der Waals surface area contributed by atoms with Crippen molar-refractivity contribution in [1.29, 1.82) is 0 Å². The summed E-state index contributed by atoms with van der Waals surface area (Å²) in [6, 6.07) is 43.4. The van der Waals surface area contributed by atoms with Gasteiger partial charge in [0.1, 0.15) is 5.58 Å². The largest absolute Gasteiger partial charge is 0.453 e. The number of nitrogens with one attached hydrogen (secondary N) is 1. The fraction of sp³-hybridized carbons (Fsp3) is 0.0811. The van der Waals surface area contributed by atoms with Gasteiger partial charge < -0.3 is 9.73 Å². The van der Waals surface area contributed by atoms with Gasteiger partial charge in [-0.1, -0.05) is 111 Å². The van der Waals surface area contributed by atoms with E-state index in [9.17, 15) is 0 Å². The van der Waals surface area contributed by atoms with Crippen LogP contribution in [0.1, 0.15) is 25.0 Å². The second kappa shape index (κ2) is 8.09. The van der Waals surface area contributed by atoms with E-state index >= 15 is 0 Å². The third kappa shape index (κ3) is 3.21. The van der Waals surface area contributed by atoms with E-state index in [0.29, 0.717) is 0 Å². The van der Waals surface area contributed by atoms with Crippen LogP contribution in [-0.2, 0) is 5.41 Å². The van der Waals surface area contributed by atoms with Gasteiger partial charge in [-0.3, -0.25) is 0 Å². The van der Waals surface area contributed by atoms with E-state index in [1.807, 2.05) is 0 Å². The van der Waals surface area contributed by atoms with Crippen LogP contribution in [0.15, 0.2) is 126 Å². The molecule has 1 heterocycles. The van der Waals surface area contributed by atoms with Gasteiger partial charge in [-0.15, -0.1) is 0 Å². The van der Waals surface area contributed by atoms with E-state index in [4.69, 9.17) is 4.42 Å². The van der Waals surface area contributed by atoms with Gasteiger partial charge in [0.25, 0.3) is 0 Å². The lowest BCUT2D eigenvalue weighted by molar-refractivity contribution is 0.660. The quantitative estimate of drug-likeness (QED) is 0.260. The molecule has 39 heavy (non-hydrogen) atoms. The Kier molecular flexibility index (Phi) is 4.60. The van der Waals surface area contributed by atoms with Gasteiger partial charge in [0, 0.05) is 32.8 Å². The number of hydrogen-bond acceptors (Lipinski definition) is 2. The Morgan fingerprint density at radius 3 is 2.13 bits per heavy atom. The molecule has 8 rings (SSSR count). The number of anilines is 2. The molecule has 0 spiro atoms. The van der Waals surface area contributed by atoms with E-state index in [0.717, 1.165) is 38.7 Å². The van der Waals surface area contributed by atoms with E-state index < -0.39 is 0 Å². The topological polar surface area (TPSA) is 25.2 Å². The highest BCUT2D eigenvalue weighted by Gasteiger charge is 2.35. The fourth-order valence-electron chi connectivity index (χ4n) is 6.49. The zero-order valence-corrected chi connectivity index (χ0v) is 22.0. The third-order valence-corrected chi connectivity index (χ3v) is 8.48. The van der Waals surface area contributed by atoms with E-state index in [-0.39, 0.29) is 5.41 Å². The van der Waals surface area contributed by atoms with E-state index in [1.165, 1.54) is 38.8 Å². The average Bonchev–Trinajstić information content (AvgIpc) is 3.47. The molecule has 2 nitrogen and oxygen atoms in total. The number of hydrogen-bond donors (Lipinski definition) is 1. The normalized spacial score (nSPS) is 13.6. The average molecular weight is 502 g/mol. The maximum Gasteiger partial charge on any atom is 0.158 e. The smallest absolute Gasteiger partial charge is 0.158 e. The van der Waals surface area contributed by atoms with Gasteiger partial charge in [0.05, 0.1) is 5.69 Å². The number of rotatable bonds is 3. The van der Waals surface area contributed by atoms with Crippen LogP contribution >= 0.6 is 0 Å². The van der Waals surface area contributed by atoms with Crippen molar-refractivity contribution in [1.82, 2.24) is 0 Å². The summed E-state index contributed by atoms with van der Waals surface area (Å²) in [5.41, 5.74) is 11.6. The summed E-state index contributed by atoms with van der Waals surface area (Å²) in [7, 11) is 0. The van der Waals surface area contributed by atoms with Crippen LogP contribution in [0.25, 0.3) is 55.0 Å². The maximum atomic E-state index is 6.58. The molecule has 0 fully saturated rings. The van der Waals surface area contributed by atoms with Crippen molar-refractivity contribution < 1.29 is 4.42 Å². The molecule has 1 N–H and O–H groups in total. The van der Waals surface area contributed by atoms with E-state index in [2.05, 4.69) is 140 Å². The molecule has 0 radical (unpaired) electrons. The summed E-state index contributed by atoms with van der Waals surface area (Å²) in [6.45, 7) is 4.66. The summed E-state index contributed by atoms with van der Waals surface area (Å²) in [6.07, 6.45) is 0. The number of furan rings is 1. The second-order valence-electron chi connectivity index (χ2n) is 11.0. The molecule has 1 aromatic heterocycles. The van der Waals surface area contributed by atoms with Crippen LogP contribution in [0, 0.1) is 0 Å². The van der Waals surface area contributed by atoms with Crippen LogP contribution in [0.5, 0.6) is 0 Å². The summed E-state index contributed by atoms with van der Waals surface area (Å²) >= 11 is 0. The zero-order valence-electron chi connectivity index (χ0n) is 22.0. The Labute approximate surface area is 227 Å². The molecule has 0 saturated carbocycles. The standard InChI is InChI=1S/C37H27NO/c1-37(2)31-15-7-5-13-27(31)28-20-19-24(22-32(28)37)25-11-6-8-16-33(25)38-34-17-9-14-29-30-21-18-23-10-3-4-12-26(23)35(30)39-36(29)34/h3-22,38H,1-2H3. The molecule has 0 unspecified atom stereocenters. The molecule has 0 aliphatic heterocycles. The molecule has 7 aromatic rings. The Bertz CT molecular complexity index is 2080. The Balaban J connectivity index is 1.25. The second-order valence-corrected chi connectivity index (χ2v) is 11.0. The molecule has 186 valence electrons. The van der Waals surface area contributed by atoms with Crippen molar-refractivity contribution in [2.45, 2.75) is 19.3 Å². The Morgan fingerprint density at radius 2 is 1.21 bits per heavy atom. The molecule has 2 heteroatoms. The monoisotopic (exact) mass is 501 g/mol. The van der Waals surface area contributed by atoms with Crippen molar-refractivity contribution in [3.8, 4) is 22.3 Å². The fourth-order valence-corrected chi connectivity index (χ4v) is 6.49. The summed E-state index contributed by atoms with van der Waals surface area (Å²) in [4.78, 5) is 0. The first kappa shape index (κ1) is 22.2. The first-order valence-electron chi connectivity index (χ1n) is 13.5. The molecule has 1 aliphatic carbocycles. The van der Waals surface area contributed by atoms with Crippen molar-refractivity contribution in [2.24, 2.45) is 0 Å². The van der Waals surface area contributed by atoms with Crippen molar-refractivity contribution in [3.05, 3.63) is 132 Å². The number of fused-ring (bicyclic) bond motifs is 8. The molecule has 0 saturated heterocycles. The lowest BCUT2D eigenvalue weighted by Crippen LogP contribution is -2.14. The van der Waals surface area contributed by atoms with Crippen molar-refractivity contribution >= 4 is 44.1 Å². The van der Waals surface area contributed by atoms with Crippen LogP contribution < -0.4 is 5.32 Å². The molecule has 0 amide bonds. The highest BCUT2D eigenvalue weighted by atomic mass is 16.3. The number of para-hydroxylation sites is 2. The van der Waals surface area contributed by atoms with Crippen LogP contribution in [0.3, 0.4) is 0 Å². The Hall–Kier alpha value is -4.82. The van der Waals surface area contributed by atoms with Crippen molar-refractivity contribution in [3.63, 3.8) is 0 Å². The van der Waals surface area contributed by atoms with Crippen molar-refractivity contribution in [2.75, 3.05) is 5.32 Å². The molecule has 0 bridgehead atoms. The summed E-state index contributed by atoms with van der Waals surface area (Å²) in [5.74, 6) is 0. The maximum absolute atomic E-state index is 6.58. The third-order valence-electron chi connectivity index (χ3n) is 8.48. The summed E-state index contributed by atoms with van der Waals surface area (Å²) < 4.78 is 6.58. The van der Waals surface area contributed by atoms with Crippen LogP contribution in [0.4, 0.5) is 11.4 Å². The van der Waals surface area contributed by atoms with Gasteiger partial charge in [-0.25, -0.2) is 0 Å². The minimum absolute atomic E-state index is 0.0348. The Morgan fingerprint density at radius 1 is 0.513 bits per heavy atom. The van der Waals surface area contributed by atoms with Gasteiger partial charge >= 0.3 is 0 Å². The molecule has 1 aliphatic rings. The molecular formula is C37H27NO. The predicted octanol–water partition coefficient (Wildman–Crippen LogP) is 10.5. The first-order chi connectivity index (χ1) is 19.1. The highest BCUT2D eigenvalue weighted by molar-refractivity contribution is 6.17. The van der Waals surface area contributed by atoms with Gasteiger partial charge in [0.15, 0.2) is 5.58 Å². The van der Waals surface area contributed by atoms with Gasteiger partial charge in [-0.2, -0.15) is 0 Å². The molecular weight excluding hydrogens is 474 g/mol. The zero-order chi connectivity index (χ0) is 26.1. The minimum Gasteiger partial charge on any atom is -0.453 e. The molecule has 6 aromatic carbocycles. The highest BCUT2D eigenvalue weighted by Crippen LogP contribution is 2.50. The molecule has 0 atom stereocenters. The summed E-state index contributed by atoms with van der Waals surface area (Å²) in [5, 5.41) is 8.32. The lowest BCUT2D eigenvalue weighted by atomic mass is 9.81. The predicted molar refractivity (Wildman–Crippen MR) is 164 cm³/mol. The van der Waals surface area contributed by atoms with Crippen LogP contribution in [0.2, 0.25) is 0 Å². The minimum atomic E-state index is -0.0348. The first-order valence-corrected chi connectivity index (χ1v) is 13.5. The van der Waals surface area contributed by atoms with Crippen LogP contribution in [-0.4, -0.2) is 0 Å². The van der Waals surface area contributed by atoms with E-state index in [1.54, 1.807) is 0 Å². The van der Waals surface area contributed by atoms with Gasteiger partial charge in [-0.05, 0) is 57.5 Å². The lowest BCUT2D eigenvalue weighted by Gasteiger charge is -2.22. The number of benzene rings is 6.